The van der Waals surface area contributed by atoms with Crippen LogP contribution in [-0.2, 0) is 0 Å². The van der Waals surface area contributed by atoms with Crippen molar-refractivity contribution in [2.24, 2.45) is 0 Å². The molecule has 0 aliphatic heterocycles. The number of hydrogen-bond donors (Lipinski definition) is 1. The molecule has 0 unspecified atom stereocenters. The van der Waals surface area contributed by atoms with E-state index in [0.29, 0.717) is 0 Å². The van der Waals surface area contributed by atoms with Crippen molar-refractivity contribution in [1.82, 2.24) is 10.2 Å². The molecule has 0 spiro atoms. The average Bonchev–Trinajstić information content (AvgIpc) is 2.92. The van der Waals surface area contributed by atoms with E-state index in [1.165, 1.54) is 10.1 Å². The molecule has 3 aromatic rings. The Morgan fingerprint density at radius 2 is 2.00 bits per heavy atom. The van der Waals surface area contributed by atoms with Gasteiger partial charge in [-0.2, -0.15) is 5.10 Å². The van der Waals surface area contributed by atoms with Gasteiger partial charge in [0.2, 0.25) is 0 Å². The van der Waals surface area contributed by atoms with Crippen molar-refractivity contribution in [3.63, 3.8) is 0 Å². The van der Waals surface area contributed by atoms with Gasteiger partial charge in [-0.1, -0.05) is 18.2 Å². The number of aromatic amines is 1. The van der Waals surface area contributed by atoms with Crippen LogP contribution in [0, 0.1) is 0 Å². The van der Waals surface area contributed by atoms with Crippen LogP contribution >= 0.6 is 11.3 Å². The SMILES string of the molecule is c1ccc2sccc2c1.c1cn[nH]c1. The zero-order valence-electron chi connectivity index (χ0n) is 7.55. The van der Waals surface area contributed by atoms with Gasteiger partial charge in [0.15, 0.2) is 0 Å². The van der Waals surface area contributed by atoms with E-state index < -0.39 is 0 Å². The Balaban J connectivity index is 0.000000128. The molecule has 0 amide bonds. The highest BCUT2D eigenvalue weighted by Crippen LogP contribution is 2.18. The molecule has 0 saturated carbocycles. The van der Waals surface area contributed by atoms with Crippen molar-refractivity contribution in [3.8, 4) is 0 Å². The lowest BCUT2D eigenvalue weighted by Gasteiger charge is -1.82. The topological polar surface area (TPSA) is 28.7 Å². The Labute approximate surface area is 86.2 Å². The van der Waals surface area contributed by atoms with Crippen LogP contribution in [0.25, 0.3) is 10.1 Å². The van der Waals surface area contributed by atoms with Crippen molar-refractivity contribution in [2.75, 3.05) is 0 Å². The predicted molar refractivity (Wildman–Crippen MR) is 60.4 cm³/mol. The lowest BCUT2D eigenvalue weighted by molar-refractivity contribution is 1.09. The maximum Gasteiger partial charge on any atom is 0.0487 e. The number of benzene rings is 1. The highest BCUT2D eigenvalue weighted by atomic mass is 32.1. The molecule has 0 atom stereocenters. The second-order valence-corrected chi connectivity index (χ2v) is 3.67. The molecular weight excluding hydrogens is 192 g/mol. The normalized spacial score (nSPS) is 9.43. The molecule has 2 nitrogen and oxygen atoms in total. The summed E-state index contributed by atoms with van der Waals surface area (Å²) in [5.74, 6) is 0. The molecule has 2 aromatic heterocycles. The zero-order chi connectivity index (χ0) is 9.64. The lowest BCUT2D eigenvalue weighted by atomic mass is 10.3. The first kappa shape index (κ1) is 8.97. The smallest absolute Gasteiger partial charge is 0.0487 e. The Morgan fingerprint density at radius 3 is 2.64 bits per heavy atom. The molecule has 3 heteroatoms. The summed E-state index contributed by atoms with van der Waals surface area (Å²) in [7, 11) is 0. The lowest BCUT2D eigenvalue weighted by Crippen LogP contribution is -1.56. The highest BCUT2D eigenvalue weighted by molar-refractivity contribution is 7.17. The summed E-state index contributed by atoms with van der Waals surface area (Å²) < 4.78 is 1.37. The molecule has 1 N–H and O–H groups in total. The first-order valence-electron chi connectivity index (χ1n) is 4.33. The van der Waals surface area contributed by atoms with E-state index in [1.807, 2.05) is 6.07 Å². The van der Waals surface area contributed by atoms with Crippen molar-refractivity contribution < 1.29 is 0 Å². The van der Waals surface area contributed by atoms with Gasteiger partial charge in [-0.25, -0.2) is 0 Å². The number of thiophene rings is 1. The minimum absolute atomic E-state index is 1.35. The standard InChI is InChI=1S/C8H6S.C3H4N2/c1-2-4-8-7(3-1)5-6-9-8;1-2-4-5-3-1/h1-6H;1-3H,(H,4,5). The van der Waals surface area contributed by atoms with Crippen LogP contribution in [0.15, 0.2) is 54.2 Å². The van der Waals surface area contributed by atoms with Crippen LogP contribution in [-0.4, -0.2) is 10.2 Å². The molecule has 14 heavy (non-hydrogen) atoms. The molecular formula is C11H10N2S. The molecule has 2 heterocycles. The molecule has 3 rings (SSSR count). The quantitative estimate of drug-likeness (QED) is 0.595. The van der Waals surface area contributed by atoms with Gasteiger partial charge >= 0.3 is 0 Å². The fourth-order valence-corrected chi connectivity index (χ4v) is 1.91. The summed E-state index contributed by atoms with van der Waals surface area (Å²) in [5, 5.41) is 9.67. The van der Waals surface area contributed by atoms with Gasteiger partial charge in [0.1, 0.15) is 0 Å². The van der Waals surface area contributed by atoms with E-state index in [4.69, 9.17) is 0 Å². The molecule has 0 radical (unpaired) electrons. The van der Waals surface area contributed by atoms with Crippen LogP contribution in [0.3, 0.4) is 0 Å². The number of fused-ring (bicyclic) bond motifs is 1. The molecule has 0 saturated heterocycles. The Hall–Kier alpha value is -1.61. The van der Waals surface area contributed by atoms with E-state index in [-0.39, 0.29) is 0 Å². The van der Waals surface area contributed by atoms with Gasteiger partial charge in [-0.05, 0) is 29.0 Å². The minimum Gasteiger partial charge on any atom is -0.286 e. The summed E-state index contributed by atoms with van der Waals surface area (Å²) in [6.45, 7) is 0. The summed E-state index contributed by atoms with van der Waals surface area (Å²) in [6, 6.07) is 12.4. The third kappa shape index (κ3) is 2.20. The number of nitrogens with one attached hydrogen (secondary N) is 1. The predicted octanol–water partition coefficient (Wildman–Crippen LogP) is 3.31. The summed E-state index contributed by atoms with van der Waals surface area (Å²) in [4.78, 5) is 0. The van der Waals surface area contributed by atoms with Gasteiger partial charge in [0.25, 0.3) is 0 Å². The molecule has 1 aromatic carbocycles. The van der Waals surface area contributed by atoms with Gasteiger partial charge in [-0.15, -0.1) is 11.3 Å². The number of nitrogens with zero attached hydrogens (tertiary/aromatic N) is 1. The Bertz CT molecular complexity index is 423. The molecule has 0 fully saturated rings. The van der Waals surface area contributed by atoms with Crippen molar-refractivity contribution in [1.29, 1.82) is 0 Å². The van der Waals surface area contributed by atoms with E-state index in [2.05, 4.69) is 45.9 Å². The van der Waals surface area contributed by atoms with Crippen molar-refractivity contribution in [3.05, 3.63) is 54.2 Å². The van der Waals surface area contributed by atoms with E-state index in [9.17, 15) is 0 Å². The molecule has 0 bridgehead atoms. The summed E-state index contributed by atoms with van der Waals surface area (Å²) >= 11 is 1.79. The number of aromatic nitrogens is 2. The third-order valence-electron chi connectivity index (χ3n) is 1.77. The largest absolute Gasteiger partial charge is 0.286 e. The van der Waals surface area contributed by atoms with Crippen LogP contribution in [0.2, 0.25) is 0 Å². The average molecular weight is 202 g/mol. The zero-order valence-corrected chi connectivity index (χ0v) is 8.37. The third-order valence-corrected chi connectivity index (χ3v) is 2.67. The van der Waals surface area contributed by atoms with E-state index in [1.54, 1.807) is 23.7 Å². The second-order valence-electron chi connectivity index (χ2n) is 2.72. The van der Waals surface area contributed by atoms with Crippen LogP contribution in [0.4, 0.5) is 0 Å². The van der Waals surface area contributed by atoms with Gasteiger partial charge in [-0.3, -0.25) is 5.10 Å². The van der Waals surface area contributed by atoms with Crippen molar-refractivity contribution >= 4 is 21.4 Å². The van der Waals surface area contributed by atoms with E-state index in [0.717, 1.165) is 0 Å². The van der Waals surface area contributed by atoms with Crippen molar-refractivity contribution in [2.45, 2.75) is 0 Å². The second kappa shape index (κ2) is 4.58. The maximum absolute atomic E-state index is 3.60. The summed E-state index contributed by atoms with van der Waals surface area (Å²) in [5.41, 5.74) is 0. The van der Waals surface area contributed by atoms with Crippen LogP contribution < -0.4 is 0 Å². The monoisotopic (exact) mass is 202 g/mol. The highest BCUT2D eigenvalue weighted by Gasteiger charge is 1.87. The van der Waals surface area contributed by atoms with Gasteiger partial charge in [0, 0.05) is 17.1 Å². The molecule has 0 aliphatic rings. The Kier molecular flexibility index (Phi) is 2.93. The van der Waals surface area contributed by atoms with Crippen LogP contribution in [0.1, 0.15) is 0 Å². The first-order valence-corrected chi connectivity index (χ1v) is 5.21. The number of hydrogen-bond acceptors (Lipinski definition) is 2. The maximum atomic E-state index is 3.60. The summed E-state index contributed by atoms with van der Waals surface area (Å²) in [6.07, 6.45) is 3.46. The number of rotatable bonds is 0. The number of H-pyrrole nitrogens is 1. The molecule has 70 valence electrons. The fraction of sp³-hybridized carbons (Fsp3) is 0. The van der Waals surface area contributed by atoms with Gasteiger partial charge < -0.3 is 0 Å². The fourth-order valence-electron chi connectivity index (χ4n) is 1.12. The first-order chi connectivity index (χ1) is 6.97. The van der Waals surface area contributed by atoms with Crippen LogP contribution in [0.5, 0.6) is 0 Å². The minimum atomic E-state index is 1.35. The van der Waals surface area contributed by atoms with E-state index >= 15 is 0 Å². The van der Waals surface area contributed by atoms with Gasteiger partial charge in [0.05, 0.1) is 0 Å². The molecule has 0 aliphatic carbocycles. The Morgan fingerprint density at radius 1 is 1.07 bits per heavy atom.